The molecule has 182 valence electrons. The van der Waals surface area contributed by atoms with Gasteiger partial charge >= 0.3 is 0 Å². The van der Waals surface area contributed by atoms with Gasteiger partial charge in [-0.3, -0.25) is 4.79 Å². The van der Waals surface area contributed by atoms with Crippen LogP contribution in [0.25, 0.3) is 11.1 Å². The number of carbonyl (C=O) groups is 1. The lowest BCUT2D eigenvalue weighted by molar-refractivity contribution is -0.126. The third kappa shape index (κ3) is 7.91. The Morgan fingerprint density at radius 2 is 1.67 bits per heavy atom. The summed E-state index contributed by atoms with van der Waals surface area (Å²) in [6, 6.07) is 14.0. The average Bonchev–Trinajstić information content (AvgIpc) is 2.81. The summed E-state index contributed by atoms with van der Waals surface area (Å²) in [5.74, 6) is 0.809. The molecule has 1 aliphatic carbocycles. The summed E-state index contributed by atoms with van der Waals surface area (Å²) < 4.78 is 28.1. The Balaban J connectivity index is 0.00000385. The highest BCUT2D eigenvalue weighted by Gasteiger charge is 2.25. The number of sulfone groups is 1. The fourth-order valence-corrected chi connectivity index (χ4v) is 4.49. The molecule has 3 rings (SSSR count). The highest BCUT2D eigenvalue weighted by molar-refractivity contribution is 7.90. The molecule has 0 atom stereocenters. The van der Waals surface area contributed by atoms with Crippen molar-refractivity contribution in [3.63, 3.8) is 0 Å². The van der Waals surface area contributed by atoms with Crippen LogP contribution in [0.3, 0.4) is 0 Å². The molecule has 33 heavy (non-hydrogen) atoms. The number of benzene rings is 2. The first-order valence-corrected chi connectivity index (χ1v) is 13.0. The van der Waals surface area contributed by atoms with Crippen LogP contribution in [-0.2, 0) is 21.2 Å². The van der Waals surface area contributed by atoms with Crippen molar-refractivity contribution in [2.75, 3.05) is 31.6 Å². The van der Waals surface area contributed by atoms with Gasteiger partial charge in [-0.15, -0.1) is 12.4 Å². The molecule has 2 aromatic carbocycles. The molecule has 1 amide bonds. The zero-order valence-corrected chi connectivity index (χ0v) is 21.0. The number of hydrogen-bond donors (Lipinski definition) is 3. The fourth-order valence-electron chi connectivity index (χ4n) is 4.06. The highest BCUT2D eigenvalue weighted by atomic mass is 35.5. The van der Waals surface area contributed by atoms with Crippen LogP contribution in [0, 0.1) is 5.92 Å². The number of methoxy groups -OCH3 is 1. The van der Waals surface area contributed by atoms with E-state index in [1.165, 1.54) is 6.26 Å². The Bertz CT molecular complexity index is 1020. The van der Waals surface area contributed by atoms with E-state index >= 15 is 0 Å². The van der Waals surface area contributed by atoms with Crippen LogP contribution < -0.4 is 20.7 Å². The number of halogens is 1. The van der Waals surface area contributed by atoms with Gasteiger partial charge in [-0.25, -0.2) is 8.42 Å². The first kappa shape index (κ1) is 27.0. The molecule has 0 unspecified atom stereocenters. The average molecular weight is 496 g/mol. The lowest BCUT2D eigenvalue weighted by Gasteiger charge is -2.27. The Hall–Kier alpha value is -2.29. The number of rotatable bonds is 9. The number of anilines is 1. The van der Waals surface area contributed by atoms with Crippen LogP contribution in [0.15, 0.2) is 42.5 Å². The van der Waals surface area contributed by atoms with Crippen LogP contribution in [0.2, 0.25) is 0 Å². The van der Waals surface area contributed by atoms with Crippen molar-refractivity contribution >= 4 is 33.8 Å². The molecular formula is C24H34ClN3O4S. The second-order valence-corrected chi connectivity index (χ2v) is 10.5. The fraction of sp³-hybridized carbons (Fsp3) is 0.458. The van der Waals surface area contributed by atoms with Gasteiger partial charge < -0.3 is 20.7 Å². The van der Waals surface area contributed by atoms with Gasteiger partial charge in [0.2, 0.25) is 5.91 Å². The maximum absolute atomic E-state index is 12.7. The van der Waals surface area contributed by atoms with Crippen molar-refractivity contribution in [2.24, 2.45) is 5.92 Å². The Labute approximate surface area is 203 Å². The zero-order valence-electron chi connectivity index (χ0n) is 19.4. The first-order chi connectivity index (χ1) is 15.3. The van der Waals surface area contributed by atoms with Crippen LogP contribution in [-0.4, -0.2) is 46.7 Å². The molecule has 0 aliphatic heterocycles. The van der Waals surface area contributed by atoms with Crippen LogP contribution >= 0.6 is 12.4 Å². The summed E-state index contributed by atoms with van der Waals surface area (Å²) in [4.78, 5) is 12.7. The van der Waals surface area contributed by atoms with Crippen molar-refractivity contribution in [2.45, 2.75) is 38.3 Å². The number of amides is 1. The molecule has 0 aromatic heterocycles. The molecular weight excluding hydrogens is 462 g/mol. The van der Waals surface area contributed by atoms with Gasteiger partial charge in [0.05, 0.1) is 7.11 Å². The number of ether oxygens (including phenoxy) is 1. The SMILES string of the molecule is CNC1CCC(C(=O)NCc2cc(-c3ccc(NCS(C)(=O)=O)cc3)ccc2OC)CC1.Cl. The minimum Gasteiger partial charge on any atom is -0.496 e. The molecule has 0 saturated heterocycles. The summed E-state index contributed by atoms with van der Waals surface area (Å²) in [6.07, 6.45) is 5.08. The van der Waals surface area contributed by atoms with E-state index in [4.69, 9.17) is 4.74 Å². The smallest absolute Gasteiger partial charge is 0.223 e. The Kier molecular flexibility index (Phi) is 10.0. The summed E-state index contributed by atoms with van der Waals surface area (Å²) in [6.45, 7) is 0.413. The third-order valence-electron chi connectivity index (χ3n) is 6.00. The largest absolute Gasteiger partial charge is 0.496 e. The van der Waals surface area contributed by atoms with Crippen molar-refractivity contribution in [1.29, 1.82) is 0 Å². The maximum atomic E-state index is 12.7. The van der Waals surface area contributed by atoms with E-state index in [0.29, 0.717) is 12.6 Å². The van der Waals surface area contributed by atoms with Crippen molar-refractivity contribution in [3.8, 4) is 16.9 Å². The van der Waals surface area contributed by atoms with Gasteiger partial charge in [0.15, 0.2) is 9.84 Å². The minimum atomic E-state index is -3.09. The molecule has 1 saturated carbocycles. The maximum Gasteiger partial charge on any atom is 0.223 e. The van der Waals surface area contributed by atoms with E-state index < -0.39 is 9.84 Å². The predicted molar refractivity (Wildman–Crippen MR) is 136 cm³/mol. The monoisotopic (exact) mass is 495 g/mol. The lowest BCUT2D eigenvalue weighted by atomic mass is 9.85. The predicted octanol–water partition coefficient (Wildman–Crippen LogP) is 3.59. The first-order valence-electron chi connectivity index (χ1n) is 10.9. The van der Waals surface area contributed by atoms with E-state index in [1.807, 2.05) is 49.5 Å². The molecule has 9 heteroatoms. The molecule has 0 bridgehead atoms. The number of hydrogen-bond acceptors (Lipinski definition) is 6. The zero-order chi connectivity index (χ0) is 23.1. The van der Waals surface area contributed by atoms with Crippen LogP contribution in [0.1, 0.15) is 31.2 Å². The van der Waals surface area contributed by atoms with E-state index in [9.17, 15) is 13.2 Å². The highest BCUT2D eigenvalue weighted by Crippen LogP contribution is 2.28. The van der Waals surface area contributed by atoms with Crippen molar-refractivity contribution in [1.82, 2.24) is 10.6 Å². The van der Waals surface area contributed by atoms with E-state index in [-0.39, 0.29) is 30.1 Å². The summed E-state index contributed by atoms with van der Waals surface area (Å²) in [5.41, 5.74) is 3.66. The minimum absolute atomic E-state index is 0. The van der Waals surface area contributed by atoms with Gasteiger partial charge in [0.25, 0.3) is 0 Å². The van der Waals surface area contributed by atoms with Gasteiger partial charge in [-0.05, 0) is 68.1 Å². The summed E-state index contributed by atoms with van der Waals surface area (Å²) >= 11 is 0. The topological polar surface area (TPSA) is 96.5 Å². The summed E-state index contributed by atoms with van der Waals surface area (Å²) in [7, 11) is 0.516. The quantitative estimate of drug-likeness (QED) is 0.492. The van der Waals surface area contributed by atoms with Crippen molar-refractivity contribution < 1.29 is 17.9 Å². The Morgan fingerprint density at radius 1 is 1.03 bits per heavy atom. The van der Waals surface area contributed by atoms with E-state index in [2.05, 4.69) is 16.0 Å². The van der Waals surface area contributed by atoms with Crippen LogP contribution in [0.5, 0.6) is 5.75 Å². The standard InChI is InChI=1S/C24H33N3O4S.ClH/c1-25-21-9-6-18(7-10-21)24(28)26-15-20-14-19(8-13-23(20)31-2)17-4-11-22(12-5-17)27-16-32(3,29)30;/h4-5,8,11-14,18,21,25,27H,6-7,9-10,15-16H2,1-3H3,(H,26,28);1H. The molecule has 1 aliphatic rings. The normalized spacial score (nSPS) is 18.2. The van der Waals surface area contributed by atoms with Gasteiger partial charge in [0.1, 0.15) is 11.6 Å². The third-order valence-corrected chi connectivity index (χ3v) is 6.67. The number of nitrogens with one attached hydrogen (secondary N) is 3. The molecule has 0 spiro atoms. The second-order valence-electron chi connectivity index (χ2n) is 8.41. The molecule has 0 heterocycles. The van der Waals surface area contributed by atoms with Gasteiger partial charge in [0, 0.05) is 36.0 Å². The van der Waals surface area contributed by atoms with Gasteiger partial charge in [-0.2, -0.15) is 0 Å². The molecule has 2 aromatic rings. The van der Waals surface area contributed by atoms with E-state index in [1.54, 1.807) is 7.11 Å². The molecule has 7 nitrogen and oxygen atoms in total. The van der Waals surface area contributed by atoms with Crippen molar-refractivity contribution in [3.05, 3.63) is 48.0 Å². The van der Waals surface area contributed by atoms with Gasteiger partial charge in [-0.1, -0.05) is 18.2 Å². The number of carbonyl (C=O) groups excluding carboxylic acids is 1. The molecule has 1 fully saturated rings. The lowest BCUT2D eigenvalue weighted by Crippen LogP contribution is -2.37. The molecule has 3 N–H and O–H groups in total. The van der Waals surface area contributed by atoms with Crippen LogP contribution in [0.4, 0.5) is 5.69 Å². The Morgan fingerprint density at radius 3 is 2.24 bits per heavy atom. The summed E-state index contributed by atoms with van der Waals surface area (Å²) in [5, 5.41) is 9.29. The second kappa shape index (κ2) is 12.3. The van der Waals surface area contributed by atoms with E-state index in [0.717, 1.165) is 53.8 Å². The molecule has 0 radical (unpaired) electrons.